The average Bonchev–Trinajstić information content (AvgIpc) is 3.08. The predicted molar refractivity (Wildman–Crippen MR) is 91.1 cm³/mol. The molecule has 2 heterocycles. The molecular weight excluding hydrogens is 351 g/mol. The van der Waals surface area contributed by atoms with Crippen molar-refractivity contribution in [1.82, 2.24) is 10.4 Å². The molecule has 0 aliphatic carbocycles. The van der Waals surface area contributed by atoms with Gasteiger partial charge in [-0.1, -0.05) is 6.07 Å². The Morgan fingerprint density at radius 2 is 2.25 bits per heavy atom. The highest BCUT2D eigenvalue weighted by Gasteiger charge is 2.25. The lowest BCUT2D eigenvalue weighted by Crippen LogP contribution is -3.00. The van der Waals surface area contributed by atoms with Gasteiger partial charge < -0.3 is 22.5 Å². The summed E-state index contributed by atoms with van der Waals surface area (Å²) in [7, 11) is 1.64. The second-order valence-corrected chi connectivity index (χ2v) is 5.30. The minimum Gasteiger partial charge on any atom is -1.00 e. The molecule has 1 fully saturated rings. The van der Waals surface area contributed by atoms with E-state index in [0.29, 0.717) is 5.69 Å². The molecule has 0 saturated carbocycles. The fourth-order valence-corrected chi connectivity index (χ4v) is 2.58. The summed E-state index contributed by atoms with van der Waals surface area (Å²) in [6, 6.07) is 9.51. The number of ether oxygens (including phenoxy) is 1. The van der Waals surface area contributed by atoms with Crippen molar-refractivity contribution in [3.63, 3.8) is 0 Å². The van der Waals surface area contributed by atoms with Crippen molar-refractivity contribution >= 4 is 35.4 Å². The number of nitrogens with two attached hydrogens (primary N) is 1. The predicted octanol–water partition coefficient (Wildman–Crippen LogP) is -2.15. The number of rotatable bonds is 4. The number of hydrogen-bond acceptors (Lipinski definition) is 4. The van der Waals surface area contributed by atoms with Gasteiger partial charge in [0.15, 0.2) is 6.04 Å². The first-order chi connectivity index (χ1) is 10.8. The molecule has 1 saturated heterocycles. The Morgan fingerprint density at radius 3 is 2.96 bits per heavy atom. The molecular formula is C16H20Cl2N4O2. The molecule has 24 heavy (non-hydrogen) atoms. The van der Waals surface area contributed by atoms with E-state index in [9.17, 15) is 4.79 Å². The maximum atomic E-state index is 11.8. The first kappa shape index (κ1) is 20.2. The largest absolute Gasteiger partial charge is 1.00 e. The maximum absolute atomic E-state index is 11.8. The number of quaternary nitrogens is 1. The van der Waals surface area contributed by atoms with E-state index < -0.39 is 0 Å². The first-order valence-electron chi connectivity index (χ1n) is 7.37. The highest BCUT2D eigenvalue weighted by atomic mass is 35.5. The lowest BCUT2D eigenvalue weighted by atomic mass is 10.2. The third kappa shape index (κ3) is 4.80. The van der Waals surface area contributed by atoms with E-state index in [0.717, 1.165) is 36.0 Å². The molecule has 130 valence electrons. The van der Waals surface area contributed by atoms with Crippen molar-refractivity contribution in [1.29, 1.82) is 0 Å². The lowest BCUT2D eigenvalue weighted by molar-refractivity contribution is -0.657. The minimum atomic E-state index is -0.0423. The number of nitrogens with one attached hydrogen (secondary N) is 1. The van der Waals surface area contributed by atoms with E-state index in [1.165, 1.54) is 0 Å². The second-order valence-electron chi connectivity index (χ2n) is 5.30. The molecule has 0 radical (unpaired) electrons. The van der Waals surface area contributed by atoms with Gasteiger partial charge in [0.2, 0.25) is 0 Å². The van der Waals surface area contributed by atoms with E-state index in [4.69, 9.17) is 4.74 Å². The summed E-state index contributed by atoms with van der Waals surface area (Å²) in [4.78, 5) is 16.3. The Kier molecular flexibility index (Phi) is 7.91. The molecule has 1 aliphatic heterocycles. The van der Waals surface area contributed by atoms with Gasteiger partial charge in [-0.25, -0.2) is 10.4 Å². The highest BCUT2D eigenvalue weighted by molar-refractivity contribution is 5.87. The van der Waals surface area contributed by atoms with E-state index >= 15 is 0 Å². The van der Waals surface area contributed by atoms with Crippen LogP contribution in [0.3, 0.4) is 0 Å². The number of carbonyl (C=O) groups excluding carboxylic acids is 1. The summed E-state index contributed by atoms with van der Waals surface area (Å²) < 4.78 is 5.19. The van der Waals surface area contributed by atoms with Crippen LogP contribution in [-0.4, -0.2) is 36.8 Å². The summed E-state index contributed by atoms with van der Waals surface area (Å²) in [6.45, 7) is 1.01. The molecule has 2 aromatic rings. The number of pyridine rings is 1. The van der Waals surface area contributed by atoms with Gasteiger partial charge in [-0.2, -0.15) is 5.10 Å². The summed E-state index contributed by atoms with van der Waals surface area (Å²) in [6.07, 6.45) is 3.56. The van der Waals surface area contributed by atoms with Gasteiger partial charge in [-0.15, -0.1) is 12.4 Å². The Bertz CT molecular complexity index is 718. The van der Waals surface area contributed by atoms with Crippen LogP contribution in [0, 0.1) is 0 Å². The summed E-state index contributed by atoms with van der Waals surface area (Å²) >= 11 is 0. The van der Waals surface area contributed by atoms with Gasteiger partial charge in [0.05, 0.1) is 31.1 Å². The molecule has 8 heteroatoms. The zero-order chi connectivity index (χ0) is 15.4. The van der Waals surface area contributed by atoms with Gasteiger partial charge in [0, 0.05) is 18.2 Å². The number of nitrogens with zero attached hydrogens (tertiary/aromatic N) is 2. The van der Waals surface area contributed by atoms with Crippen LogP contribution in [-0.2, 0) is 4.79 Å². The summed E-state index contributed by atoms with van der Waals surface area (Å²) in [5.41, 5.74) is 4.14. The van der Waals surface area contributed by atoms with Gasteiger partial charge >= 0.3 is 0 Å². The van der Waals surface area contributed by atoms with Crippen LogP contribution in [0.25, 0.3) is 10.9 Å². The Balaban J connectivity index is 0.00000144. The van der Waals surface area contributed by atoms with E-state index in [1.807, 2.05) is 35.6 Å². The van der Waals surface area contributed by atoms with Crippen LogP contribution < -0.4 is 27.9 Å². The molecule has 1 aromatic carbocycles. The summed E-state index contributed by atoms with van der Waals surface area (Å²) in [5.74, 6) is 0.759. The van der Waals surface area contributed by atoms with Gasteiger partial charge in [0.25, 0.3) is 5.91 Å². The van der Waals surface area contributed by atoms with E-state index in [1.54, 1.807) is 13.3 Å². The van der Waals surface area contributed by atoms with Crippen molar-refractivity contribution in [3.8, 4) is 5.75 Å². The lowest BCUT2D eigenvalue weighted by Gasteiger charge is -2.04. The van der Waals surface area contributed by atoms with Crippen molar-refractivity contribution in [2.24, 2.45) is 5.10 Å². The van der Waals surface area contributed by atoms with Crippen LogP contribution in [0.5, 0.6) is 5.75 Å². The minimum absolute atomic E-state index is 0. The van der Waals surface area contributed by atoms with Crippen LogP contribution in [0.1, 0.15) is 18.5 Å². The first-order valence-corrected chi connectivity index (χ1v) is 7.37. The topological polar surface area (TPSA) is 80.2 Å². The molecule has 3 rings (SSSR count). The fraction of sp³-hybridized carbons (Fsp3) is 0.312. The normalized spacial score (nSPS) is 16.5. The smallest absolute Gasteiger partial charge is 0.298 e. The Hall–Kier alpha value is -1.89. The SMILES string of the molecule is COc1ccc2nc(C=NNC(=O)[C@@H]3CCC[NH2+]3)ccc2c1.Cl.[Cl-]. The molecule has 3 N–H and O–H groups in total. The molecule has 1 aliphatic rings. The standard InChI is InChI=1S/C16H18N4O2.2ClH/c1-22-13-6-7-14-11(9-13)4-5-12(19-14)10-18-20-16(21)15-3-2-8-17-15;;/h4-7,9-10,15,17H,2-3,8H2,1H3,(H,20,21);2*1H/t15-;;/m0../s1. The number of halogens is 2. The number of hydrogen-bond donors (Lipinski definition) is 2. The van der Waals surface area contributed by atoms with Crippen LogP contribution in [0.4, 0.5) is 0 Å². The number of carbonyl (C=O) groups is 1. The van der Waals surface area contributed by atoms with Crippen molar-refractivity contribution in [2.75, 3.05) is 13.7 Å². The van der Waals surface area contributed by atoms with Gasteiger partial charge in [0.1, 0.15) is 5.75 Å². The molecule has 0 bridgehead atoms. The average molecular weight is 371 g/mol. The third-order valence-corrected chi connectivity index (χ3v) is 3.80. The van der Waals surface area contributed by atoms with Crippen molar-refractivity contribution in [2.45, 2.75) is 18.9 Å². The van der Waals surface area contributed by atoms with Crippen LogP contribution in [0.15, 0.2) is 35.4 Å². The number of fused-ring (bicyclic) bond motifs is 1. The molecule has 1 aromatic heterocycles. The Labute approximate surface area is 152 Å². The highest BCUT2D eigenvalue weighted by Crippen LogP contribution is 2.19. The molecule has 1 amide bonds. The molecule has 0 unspecified atom stereocenters. The van der Waals surface area contributed by atoms with Gasteiger partial charge in [-0.05, 0) is 24.3 Å². The molecule has 1 atom stereocenters. The number of amides is 1. The third-order valence-electron chi connectivity index (χ3n) is 3.80. The fourth-order valence-electron chi connectivity index (χ4n) is 2.58. The molecule has 0 spiro atoms. The Morgan fingerprint density at radius 1 is 1.42 bits per heavy atom. The van der Waals surface area contributed by atoms with E-state index in [2.05, 4.69) is 15.5 Å². The molecule has 6 nitrogen and oxygen atoms in total. The van der Waals surface area contributed by atoms with Crippen LogP contribution >= 0.6 is 12.4 Å². The van der Waals surface area contributed by atoms with Crippen molar-refractivity contribution < 1.29 is 27.3 Å². The number of methoxy groups -OCH3 is 1. The monoisotopic (exact) mass is 370 g/mol. The number of hydrazone groups is 1. The number of aromatic nitrogens is 1. The summed E-state index contributed by atoms with van der Waals surface area (Å²) in [5, 5.41) is 7.04. The number of benzene rings is 1. The maximum Gasteiger partial charge on any atom is 0.298 e. The van der Waals surface area contributed by atoms with Crippen LogP contribution in [0.2, 0.25) is 0 Å². The quantitative estimate of drug-likeness (QED) is 0.475. The van der Waals surface area contributed by atoms with E-state index in [-0.39, 0.29) is 36.8 Å². The zero-order valence-electron chi connectivity index (χ0n) is 13.2. The van der Waals surface area contributed by atoms with Crippen molar-refractivity contribution in [3.05, 3.63) is 36.0 Å². The van der Waals surface area contributed by atoms with Gasteiger partial charge in [-0.3, -0.25) is 4.79 Å². The second kappa shape index (κ2) is 9.42. The zero-order valence-corrected chi connectivity index (χ0v) is 14.8.